The van der Waals surface area contributed by atoms with E-state index in [1.165, 1.54) is 24.8 Å². The van der Waals surface area contributed by atoms with Gasteiger partial charge in [-0.1, -0.05) is 25.8 Å². The summed E-state index contributed by atoms with van der Waals surface area (Å²) in [4.78, 5) is 4.35. The van der Waals surface area contributed by atoms with E-state index in [0.717, 1.165) is 17.7 Å². The van der Waals surface area contributed by atoms with Gasteiger partial charge in [-0.15, -0.1) is 23.2 Å². The molecule has 0 aromatic carbocycles. The standard InChI is InChI=1S/C14H19Cl2N/c1-2-3-4-7-12(10-15)13(11-16)14-8-5-6-9-17-14/h5-6,8-9H,2-4,7,10-11H2,1H3/b13-12+. The zero-order valence-corrected chi connectivity index (χ0v) is 11.8. The maximum Gasteiger partial charge on any atom is 0.0673 e. The molecule has 1 aromatic heterocycles. The van der Waals surface area contributed by atoms with E-state index in [1.54, 1.807) is 6.20 Å². The van der Waals surface area contributed by atoms with E-state index in [4.69, 9.17) is 23.2 Å². The molecule has 1 heterocycles. The molecule has 3 heteroatoms. The Morgan fingerprint density at radius 3 is 2.53 bits per heavy atom. The molecule has 0 atom stereocenters. The predicted octanol–water partition coefficient (Wildman–Crippen LogP) is 4.89. The first-order chi connectivity index (χ1) is 8.33. The minimum absolute atomic E-state index is 0.477. The first-order valence-electron chi connectivity index (χ1n) is 6.07. The Morgan fingerprint density at radius 2 is 2.00 bits per heavy atom. The zero-order valence-electron chi connectivity index (χ0n) is 10.3. The van der Waals surface area contributed by atoms with Crippen LogP contribution >= 0.6 is 23.2 Å². The summed E-state index contributed by atoms with van der Waals surface area (Å²) in [6.45, 7) is 2.20. The molecule has 17 heavy (non-hydrogen) atoms. The quantitative estimate of drug-likeness (QED) is 0.508. The van der Waals surface area contributed by atoms with Gasteiger partial charge in [0.25, 0.3) is 0 Å². The van der Waals surface area contributed by atoms with Crippen molar-refractivity contribution in [1.29, 1.82) is 0 Å². The first-order valence-corrected chi connectivity index (χ1v) is 7.14. The Bertz CT molecular complexity index is 346. The van der Waals surface area contributed by atoms with E-state index in [2.05, 4.69) is 11.9 Å². The summed E-state index contributed by atoms with van der Waals surface area (Å²) in [6, 6.07) is 5.88. The van der Waals surface area contributed by atoms with Crippen LogP contribution in [-0.2, 0) is 0 Å². The molecule has 1 nitrogen and oxygen atoms in total. The summed E-state index contributed by atoms with van der Waals surface area (Å²) < 4.78 is 0. The SMILES string of the molecule is CCCCC/C(CCl)=C(/CCl)c1ccccn1. The van der Waals surface area contributed by atoms with E-state index in [1.807, 2.05) is 18.2 Å². The Balaban J connectivity index is 2.86. The van der Waals surface area contributed by atoms with Crippen molar-refractivity contribution in [3.05, 3.63) is 35.7 Å². The van der Waals surface area contributed by atoms with Crippen molar-refractivity contribution in [2.75, 3.05) is 11.8 Å². The fraction of sp³-hybridized carbons (Fsp3) is 0.500. The van der Waals surface area contributed by atoms with Crippen LogP contribution in [0.4, 0.5) is 0 Å². The van der Waals surface area contributed by atoms with Crippen molar-refractivity contribution in [3.8, 4) is 0 Å². The topological polar surface area (TPSA) is 12.9 Å². The maximum atomic E-state index is 6.03. The number of rotatable bonds is 7. The van der Waals surface area contributed by atoms with Gasteiger partial charge in [-0.3, -0.25) is 4.98 Å². The number of pyridine rings is 1. The molecule has 0 bridgehead atoms. The summed E-state index contributed by atoms with van der Waals surface area (Å²) in [7, 11) is 0. The highest BCUT2D eigenvalue weighted by Gasteiger charge is 2.08. The molecule has 0 saturated carbocycles. The Morgan fingerprint density at radius 1 is 1.18 bits per heavy atom. The second-order valence-electron chi connectivity index (χ2n) is 4.02. The Hall–Kier alpha value is -0.530. The van der Waals surface area contributed by atoms with Crippen molar-refractivity contribution in [1.82, 2.24) is 4.98 Å². The molecule has 1 rings (SSSR count). The minimum Gasteiger partial charge on any atom is -0.257 e. The summed E-state index contributed by atoms with van der Waals surface area (Å²) >= 11 is 12.1. The largest absolute Gasteiger partial charge is 0.257 e. The highest BCUT2D eigenvalue weighted by Crippen LogP contribution is 2.23. The molecule has 94 valence electrons. The highest BCUT2D eigenvalue weighted by molar-refractivity contribution is 6.24. The molecule has 1 aromatic rings. The second kappa shape index (κ2) is 8.54. The van der Waals surface area contributed by atoms with Crippen LogP contribution in [0.1, 0.15) is 38.3 Å². The van der Waals surface area contributed by atoms with Crippen LogP contribution in [0.25, 0.3) is 5.57 Å². The number of halogens is 2. The van der Waals surface area contributed by atoms with Crippen LogP contribution < -0.4 is 0 Å². The summed E-state index contributed by atoms with van der Waals surface area (Å²) in [5.74, 6) is 1.02. The average Bonchev–Trinajstić information content (AvgIpc) is 2.39. The maximum absolute atomic E-state index is 6.03. The molecule has 0 unspecified atom stereocenters. The smallest absolute Gasteiger partial charge is 0.0673 e. The number of allylic oxidation sites excluding steroid dienone is 2. The van der Waals surface area contributed by atoms with Gasteiger partial charge in [0, 0.05) is 18.0 Å². The van der Waals surface area contributed by atoms with Crippen LogP contribution in [0.15, 0.2) is 30.0 Å². The van der Waals surface area contributed by atoms with E-state index in [9.17, 15) is 0 Å². The van der Waals surface area contributed by atoms with Crippen LogP contribution in [0, 0.1) is 0 Å². The van der Waals surface area contributed by atoms with Gasteiger partial charge < -0.3 is 0 Å². The normalized spacial score (nSPS) is 12.4. The summed E-state index contributed by atoms with van der Waals surface area (Å²) in [5, 5.41) is 0. The van der Waals surface area contributed by atoms with Crippen LogP contribution in [0.5, 0.6) is 0 Å². The number of unbranched alkanes of at least 4 members (excludes halogenated alkanes) is 2. The highest BCUT2D eigenvalue weighted by atomic mass is 35.5. The third-order valence-corrected chi connectivity index (χ3v) is 3.37. The Kier molecular flexibility index (Phi) is 7.30. The molecule has 0 aliphatic heterocycles. The number of aromatic nitrogens is 1. The summed E-state index contributed by atoms with van der Waals surface area (Å²) in [5.41, 5.74) is 3.28. The lowest BCUT2D eigenvalue weighted by Gasteiger charge is -2.11. The molecule has 0 fully saturated rings. The van der Waals surface area contributed by atoms with Gasteiger partial charge in [0.2, 0.25) is 0 Å². The van der Waals surface area contributed by atoms with Crippen LogP contribution in [0.3, 0.4) is 0 Å². The molecule has 0 spiro atoms. The van der Waals surface area contributed by atoms with E-state index in [0.29, 0.717) is 11.8 Å². The molecule has 0 radical (unpaired) electrons. The van der Waals surface area contributed by atoms with Crippen molar-refractivity contribution in [2.24, 2.45) is 0 Å². The third kappa shape index (κ3) is 4.69. The fourth-order valence-corrected chi connectivity index (χ4v) is 2.39. The average molecular weight is 272 g/mol. The zero-order chi connectivity index (χ0) is 12.5. The second-order valence-corrected chi connectivity index (χ2v) is 4.56. The molecular formula is C14H19Cl2N. The number of hydrogen-bond acceptors (Lipinski definition) is 1. The molecule has 0 saturated heterocycles. The van der Waals surface area contributed by atoms with Crippen LogP contribution in [0.2, 0.25) is 0 Å². The first kappa shape index (κ1) is 14.5. The lowest BCUT2D eigenvalue weighted by Crippen LogP contribution is -1.98. The van der Waals surface area contributed by atoms with Gasteiger partial charge in [0.1, 0.15) is 0 Å². The number of hydrogen-bond donors (Lipinski definition) is 0. The van der Waals surface area contributed by atoms with Gasteiger partial charge in [0.15, 0.2) is 0 Å². The van der Waals surface area contributed by atoms with Crippen molar-refractivity contribution in [3.63, 3.8) is 0 Å². The molecule has 0 N–H and O–H groups in total. The fourth-order valence-electron chi connectivity index (χ4n) is 1.77. The van der Waals surface area contributed by atoms with Gasteiger partial charge in [-0.25, -0.2) is 0 Å². The minimum atomic E-state index is 0.477. The van der Waals surface area contributed by atoms with Crippen molar-refractivity contribution < 1.29 is 0 Å². The van der Waals surface area contributed by atoms with E-state index in [-0.39, 0.29) is 0 Å². The summed E-state index contributed by atoms with van der Waals surface area (Å²) in [6.07, 6.45) is 6.44. The molecule has 0 amide bonds. The third-order valence-electron chi connectivity index (χ3n) is 2.78. The Labute approximate surface area is 114 Å². The molecular weight excluding hydrogens is 253 g/mol. The molecule has 0 aliphatic carbocycles. The molecule has 0 aliphatic rings. The van der Waals surface area contributed by atoms with E-state index >= 15 is 0 Å². The predicted molar refractivity (Wildman–Crippen MR) is 76.7 cm³/mol. The van der Waals surface area contributed by atoms with Crippen LogP contribution in [-0.4, -0.2) is 16.7 Å². The van der Waals surface area contributed by atoms with Crippen molar-refractivity contribution >= 4 is 28.8 Å². The lowest BCUT2D eigenvalue weighted by molar-refractivity contribution is 0.714. The number of nitrogens with zero attached hydrogens (tertiary/aromatic N) is 1. The van der Waals surface area contributed by atoms with Crippen molar-refractivity contribution in [2.45, 2.75) is 32.6 Å². The lowest BCUT2D eigenvalue weighted by atomic mass is 10.0. The van der Waals surface area contributed by atoms with Gasteiger partial charge in [0.05, 0.1) is 5.69 Å². The van der Waals surface area contributed by atoms with Gasteiger partial charge in [-0.05, 0) is 36.1 Å². The monoisotopic (exact) mass is 271 g/mol. The van der Waals surface area contributed by atoms with Gasteiger partial charge in [-0.2, -0.15) is 0 Å². The van der Waals surface area contributed by atoms with Gasteiger partial charge >= 0.3 is 0 Å². The number of alkyl halides is 2. The van der Waals surface area contributed by atoms with E-state index < -0.39 is 0 Å².